The molecule has 1 unspecified atom stereocenters. The van der Waals surface area contributed by atoms with Crippen LogP contribution in [-0.2, 0) is 38.3 Å². The van der Waals surface area contributed by atoms with Gasteiger partial charge in [0.25, 0.3) is 0 Å². The summed E-state index contributed by atoms with van der Waals surface area (Å²) in [4.78, 5) is 98.4. The third kappa shape index (κ3) is 15.9. The number of aromatic hydroxyl groups is 1. The Morgan fingerprint density at radius 1 is 0.825 bits per heavy atom. The molecule has 0 saturated carbocycles. The lowest BCUT2D eigenvalue weighted by Gasteiger charge is -2.35. The molecule has 0 aliphatic carbocycles. The summed E-state index contributed by atoms with van der Waals surface area (Å²) in [5.41, 5.74) is 22.3. The predicted octanol–water partition coefficient (Wildman–Crippen LogP) is -2.63. The molecule has 0 fully saturated rings. The molecular formula is C36H60N10O11. The number of rotatable bonds is 24. The summed E-state index contributed by atoms with van der Waals surface area (Å²) < 4.78 is 5.62. The molecule has 0 heterocycles. The summed E-state index contributed by atoms with van der Waals surface area (Å²) in [7, 11) is 3.73. The highest BCUT2D eigenvalue weighted by atomic mass is 16.5. The molecule has 1 aromatic carbocycles. The topological polar surface area (TPSA) is 348 Å². The molecule has 0 aromatic heterocycles. The van der Waals surface area contributed by atoms with Crippen molar-refractivity contribution in [3.8, 4) is 5.75 Å². The first kappa shape index (κ1) is 49.5. The van der Waals surface area contributed by atoms with Gasteiger partial charge in [0.2, 0.25) is 35.4 Å². The lowest BCUT2D eigenvalue weighted by Crippen LogP contribution is -2.60. The second-order valence-corrected chi connectivity index (χ2v) is 14.1. The summed E-state index contributed by atoms with van der Waals surface area (Å²) in [6, 6.07) is -2.84. The Morgan fingerprint density at radius 2 is 1.40 bits per heavy atom. The fourth-order valence-corrected chi connectivity index (χ4v) is 5.62. The van der Waals surface area contributed by atoms with Crippen molar-refractivity contribution >= 4 is 47.4 Å². The molecule has 21 heteroatoms. The number of nitrogens with two attached hydrogens (primary N) is 4. The molecule has 0 aliphatic rings. The summed E-state index contributed by atoms with van der Waals surface area (Å²) in [5, 5.41) is 37.0. The number of hydrogen-bond acceptors (Lipinski definition) is 12. The average Bonchev–Trinajstić information content (AvgIpc) is 3.13. The van der Waals surface area contributed by atoms with Gasteiger partial charge < -0.3 is 68.7 Å². The molecule has 0 radical (unpaired) electrons. The van der Waals surface area contributed by atoms with Crippen LogP contribution in [-0.4, -0.2) is 143 Å². The molecule has 21 nitrogen and oxygen atoms in total. The quantitative estimate of drug-likeness (QED) is 0.0290. The summed E-state index contributed by atoms with van der Waals surface area (Å²) in [5.74, 6) is -6.89. The van der Waals surface area contributed by atoms with Crippen molar-refractivity contribution in [2.75, 3.05) is 27.7 Å². The van der Waals surface area contributed by atoms with Gasteiger partial charge in [-0.1, -0.05) is 26.0 Å². The number of nitrogens with one attached hydrogen (secondary N) is 3. The first-order chi connectivity index (χ1) is 26.5. The normalized spacial score (nSPS) is 15.3. The van der Waals surface area contributed by atoms with Gasteiger partial charge in [0.1, 0.15) is 48.1 Å². The molecule has 1 rings (SSSR count). The van der Waals surface area contributed by atoms with E-state index in [-0.39, 0.29) is 56.3 Å². The number of aliphatic hydroxyl groups excluding tert-OH is 1. The van der Waals surface area contributed by atoms with Crippen molar-refractivity contribution in [3.63, 3.8) is 0 Å². The Balaban J connectivity index is 3.63. The Kier molecular flexibility index (Phi) is 20.4. The number of benzene rings is 1. The van der Waals surface area contributed by atoms with E-state index in [0.717, 1.165) is 9.80 Å². The number of phenolic OH excluding ortho intramolecular Hbond substituents is 1. The second-order valence-electron chi connectivity index (χ2n) is 14.1. The van der Waals surface area contributed by atoms with E-state index in [9.17, 15) is 48.9 Å². The van der Waals surface area contributed by atoms with Gasteiger partial charge in [-0.25, -0.2) is 4.79 Å². The van der Waals surface area contributed by atoms with E-state index in [0.29, 0.717) is 5.56 Å². The van der Waals surface area contributed by atoms with Crippen LogP contribution in [0.4, 0.5) is 0 Å². The van der Waals surface area contributed by atoms with E-state index in [4.69, 9.17) is 27.7 Å². The smallest absolute Gasteiger partial charge is 0.326 e. The molecule has 8 atom stereocenters. The molecule has 1 aromatic rings. The largest absolute Gasteiger partial charge is 0.508 e. The SMILES string of the molecule is CO[C@H](c1ccc(O)cc1)C(NC(=O)[C@H](CCC(N)=O)N(C)C(=O)[C@H](CC(C)C)NC(=O)[C@@H](CCCN=C(N)N)NC(=O)[C@H](N)[C@@H](C)O)C(=O)N(C)[C@@H](C)C(=O)O. The number of methoxy groups -OCH3 is 1. The van der Waals surface area contributed by atoms with Crippen molar-refractivity contribution < 1.29 is 53.6 Å². The highest BCUT2D eigenvalue weighted by Gasteiger charge is 2.40. The van der Waals surface area contributed by atoms with Crippen molar-refractivity contribution in [2.24, 2.45) is 33.8 Å². The minimum Gasteiger partial charge on any atom is -0.508 e. The molecule has 0 aliphatic heterocycles. The van der Waals surface area contributed by atoms with E-state index in [1.54, 1.807) is 13.8 Å². The first-order valence-electron chi connectivity index (χ1n) is 18.3. The van der Waals surface area contributed by atoms with Gasteiger partial charge in [0.15, 0.2) is 5.96 Å². The number of aliphatic imine (C=N–C) groups is 1. The van der Waals surface area contributed by atoms with Gasteiger partial charge >= 0.3 is 5.97 Å². The number of amides is 6. The van der Waals surface area contributed by atoms with E-state index >= 15 is 0 Å². The van der Waals surface area contributed by atoms with Crippen LogP contribution in [0.1, 0.15) is 71.5 Å². The fourth-order valence-electron chi connectivity index (χ4n) is 5.62. The second kappa shape index (κ2) is 23.5. The van der Waals surface area contributed by atoms with Crippen LogP contribution < -0.4 is 38.9 Å². The zero-order chi connectivity index (χ0) is 43.7. The molecule has 57 heavy (non-hydrogen) atoms. The number of carboxylic acid groups (broad SMARTS) is 1. The molecule has 0 spiro atoms. The van der Waals surface area contributed by atoms with Crippen LogP contribution in [0, 0.1) is 5.92 Å². The number of hydrogen-bond donors (Lipinski definition) is 10. The van der Waals surface area contributed by atoms with Crippen LogP contribution in [0.3, 0.4) is 0 Å². The minimum absolute atomic E-state index is 0.00495. The number of aliphatic carboxylic acids is 1. The number of likely N-dealkylation sites (N-methyl/N-ethyl adjacent to an activating group) is 2. The van der Waals surface area contributed by atoms with Crippen LogP contribution in [0.25, 0.3) is 0 Å². The van der Waals surface area contributed by atoms with Crippen LogP contribution >= 0.6 is 0 Å². The standard InChI is InChI=1S/C36H60N10O11/c1-18(2)17-24(43-30(50)23(9-8-16-41-36(39)40)42-32(52)27(38)20(4)47)33(53)46(6)25(14-15-26(37)49)31(51)44-28(34(54)45(5)19(3)35(55)56)29(57-7)21-10-12-22(48)13-11-21/h10-13,18-20,23-25,27-29,47-48H,8-9,14-17,38H2,1-7H3,(H2,37,49)(H,42,52)(H,43,50)(H,44,51)(H,55,56)(H4,39,40,41)/t19-,20+,23+,24-,25-,27+,28?,29+/m0/s1. The molecule has 14 N–H and O–H groups in total. The Hall–Kier alpha value is -5.54. The number of phenols is 1. The Morgan fingerprint density at radius 3 is 1.89 bits per heavy atom. The van der Waals surface area contributed by atoms with Gasteiger partial charge in [0.05, 0.1) is 6.10 Å². The predicted molar refractivity (Wildman–Crippen MR) is 208 cm³/mol. The number of carbonyl (C=O) groups excluding carboxylic acids is 6. The van der Waals surface area contributed by atoms with E-state index in [1.165, 1.54) is 59.3 Å². The number of carbonyl (C=O) groups is 7. The molecule has 0 bridgehead atoms. The molecular weight excluding hydrogens is 748 g/mol. The number of guanidine groups is 1. The van der Waals surface area contributed by atoms with Gasteiger partial charge in [-0.15, -0.1) is 0 Å². The van der Waals surface area contributed by atoms with Crippen molar-refractivity contribution in [3.05, 3.63) is 29.8 Å². The van der Waals surface area contributed by atoms with E-state index in [1.807, 2.05) is 0 Å². The molecule has 320 valence electrons. The first-order valence-corrected chi connectivity index (χ1v) is 18.3. The molecule has 0 saturated heterocycles. The zero-order valence-electron chi connectivity index (χ0n) is 33.5. The number of ether oxygens (including phenoxy) is 1. The van der Waals surface area contributed by atoms with Crippen molar-refractivity contribution in [1.29, 1.82) is 0 Å². The monoisotopic (exact) mass is 808 g/mol. The van der Waals surface area contributed by atoms with Crippen LogP contribution in [0.5, 0.6) is 5.75 Å². The van der Waals surface area contributed by atoms with E-state index in [2.05, 4.69) is 20.9 Å². The maximum Gasteiger partial charge on any atom is 0.326 e. The van der Waals surface area contributed by atoms with Gasteiger partial charge in [0, 0.05) is 34.2 Å². The highest BCUT2D eigenvalue weighted by molar-refractivity contribution is 5.96. The number of carboxylic acids is 1. The van der Waals surface area contributed by atoms with Gasteiger partial charge in [-0.05, 0) is 63.1 Å². The van der Waals surface area contributed by atoms with Crippen LogP contribution in [0.2, 0.25) is 0 Å². The maximum atomic E-state index is 14.3. The Labute approximate surface area is 331 Å². The highest BCUT2D eigenvalue weighted by Crippen LogP contribution is 2.25. The summed E-state index contributed by atoms with van der Waals surface area (Å²) in [6.07, 6.45) is -2.95. The number of nitrogens with zero attached hydrogens (tertiary/aromatic N) is 3. The lowest BCUT2D eigenvalue weighted by atomic mass is 9.98. The average molecular weight is 809 g/mol. The minimum atomic E-state index is -1.60. The summed E-state index contributed by atoms with van der Waals surface area (Å²) >= 11 is 0. The third-order valence-corrected chi connectivity index (χ3v) is 9.13. The number of aliphatic hydroxyl groups is 1. The Bertz CT molecular complexity index is 1570. The van der Waals surface area contributed by atoms with Gasteiger partial charge in [-0.2, -0.15) is 0 Å². The lowest BCUT2D eigenvalue weighted by molar-refractivity contribution is -0.152. The maximum absolute atomic E-state index is 14.3. The summed E-state index contributed by atoms with van der Waals surface area (Å²) in [6.45, 7) is 6.21. The van der Waals surface area contributed by atoms with E-state index < -0.39 is 89.9 Å². The third-order valence-electron chi connectivity index (χ3n) is 9.13. The van der Waals surface area contributed by atoms with Crippen LogP contribution in [0.15, 0.2) is 29.3 Å². The fraction of sp³-hybridized carbons (Fsp3) is 0.611. The van der Waals surface area contributed by atoms with Crippen molar-refractivity contribution in [1.82, 2.24) is 25.8 Å². The van der Waals surface area contributed by atoms with Crippen molar-refractivity contribution in [2.45, 2.75) is 108 Å². The van der Waals surface area contributed by atoms with Gasteiger partial charge in [-0.3, -0.25) is 33.8 Å². The zero-order valence-corrected chi connectivity index (χ0v) is 33.5. The number of primary amides is 1. The molecule has 6 amide bonds.